The molecule has 140 valence electrons. The predicted octanol–water partition coefficient (Wildman–Crippen LogP) is 3.57. The van der Waals surface area contributed by atoms with Gasteiger partial charge in [0.15, 0.2) is 0 Å². The molecule has 1 aromatic carbocycles. The van der Waals surface area contributed by atoms with Crippen LogP contribution in [0.1, 0.15) is 48.9 Å². The van der Waals surface area contributed by atoms with Crippen LogP contribution in [-0.4, -0.2) is 36.5 Å². The van der Waals surface area contributed by atoms with Gasteiger partial charge in [0, 0.05) is 14.1 Å². The van der Waals surface area contributed by atoms with Crippen LogP contribution in [0, 0.1) is 19.8 Å². The summed E-state index contributed by atoms with van der Waals surface area (Å²) < 4.78 is 5.80. The van der Waals surface area contributed by atoms with Crippen LogP contribution in [0.5, 0.6) is 0 Å². The van der Waals surface area contributed by atoms with Gasteiger partial charge in [-0.25, -0.2) is 4.79 Å². The molecule has 0 spiro atoms. The fourth-order valence-electron chi connectivity index (χ4n) is 3.92. The molecule has 1 N–H and O–H groups in total. The maximum Gasteiger partial charge on any atom is 0.414 e. The monoisotopic (exact) mass is 356 g/mol. The van der Waals surface area contributed by atoms with Crippen LogP contribution in [0.3, 0.4) is 0 Å². The lowest BCUT2D eigenvalue weighted by Crippen LogP contribution is -2.45. The summed E-state index contributed by atoms with van der Waals surface area (Å²) in [7, 11) is 3.30. The second kappa shape index (κ2) is 6.45. The summed E-state index contributed by atoms with van der Waals surface area (Å²) in [5.41, 5.74) is 4.10. The number of hydrogen-bond acceptors (Lipinski definition) is 3. The van der Waals surface area contributed by atoms with E-state index in [-0.39, 0.29) is 5.91 Å². The van der Waals surface area contributed by atoms with Gasteiger partial charge in [0.05, 0.1) is 11.1 Å². The highest BCUT2D eigenvalue weighted by molar-refractivity contribution is 6.24. The van der Waals surface area contributed by atoms with Gasteiger partial charge in [-0.1, -0.05) is 24.6 Å². The Hall–Kier alpha value is -2.30. The Labute approximate surface area is 155 Å². The minimum absolute atomic E-state index is 0.150. The van der Waals surface area contributed by atoms with E-state index in [1.165, 1.54) is 10.5 Å². The molecule has 3 rings (SSSR count). The van der Waals surface area contributed by atoms with E-state index in [1.54, 1.807) is 14.1 Å². The minimum atomic E-state index is -0.625. The first kappa shape index (κ1) is 18.5. The maximum absolute atomic E-state index is 13.0. The summed E-state index contributed by atoms with van der Waals surface area (Å²) in [5.74, 6) is 0.637. The van der Waals surface area contributed by atoms with E-state index in [0.29, 0.717) is 17.3 Å². The molecule has 1 unspecified atom stereocenters. The van der Waals surface area contributed by atoms with Gasteiger partial charge in [0.25, 0.3) is 5.91 Å². The molecular formula is C21H28N2O3. The third kappa shape index (κ3) is 3.00. The molecule has 0 aromatic heterocycles. The SMILES string of the molecule is CCc1cc(C)cc(C)c1C1=C(OC(=O)N(C)C)C(C)(C2CC2)NC1=O. The highest BCUT2D eigenvalue weighted by atomic mass is 16.6. The largest absolute Gasteiger partial charge is 0.414 e. The van der Waals surface area contributed by atoms with Crippen molar-refractivity contribution >= 4 is 17.6 Å². The molecule has 1 fully saturated rings. The van der Waals surface area contributed by atoms with Crippen LogP contribution in [0.15, 0.2) is 17.9 Å². The van der Waals surface area contributed by atoms with Gasteiger partial charge in [0.2, 0.25) is 0 Å². The molecule has 2 aliphatic rings. The van der Waals surface area contributed by atoms with Crippen LogP contribution in [-0.2, 0) is 16.0 Å². The third-order valence-electron chi connectivity index (χ3n) is 5.44. The Morgan fingerprint density at radius 1 is 1.31 bits per heavy atom. The summed E-state index contributed by atoms with van der Waals surface area (Å²) in [6.07, 6.45) is 2.41. The molecule has 26 heavy (non-hydrogen) atoms. The first-order valence-electron chi connectivity index (χ1n) is 9.26. The average molecular weight is 356 g/mol. The lowest BCUT2D eigenvalue weighted by atomic mass is 9.88. The Morgan fingerprint density at radius 2 is 1.96 bits per heavy atom. The topological polar surface area (TPSA) is 58.6 Å². The molecule has 1 atom stereocenters. The molecular weight excluding hydrogens is 328 g/mol. The van der Waals surface area contributed by atoms with E-state index in [4.69, 9.17) is 4.74 Å². The average Bonchev–Trinajstić information content (AvgIpc) is 3.37. The van der Waals surface area contributed by atoms with Gasteiger partial charge in [-0.3, -0.25) is 4.79 Å². The molecule has 1 saturated carbocycles. The van der Waals surface area contributed by atoms with E-state index in [9.17, 15) is 9.59 Å². The quantitative estimate of drug-likeness (QED) is 0.897. The molecule has 1 aliphatic heterocycles. The van der Waals surface area contributed by atoms with Crippen molar-refractivity contribution in [2.24, 2.45) is 5.92 Å². The van der Waals surface area contributed by atoms with Gasteiger partial charge in [-0.05, 0) is 62.6 Å². The van der Waals surface area contributed by atoms with Gasteiger partial charge in [-0.2, -0.15) is 0 Å². The van der Waals surface area contributed by atoms with Crippen molar-refractivity contribution in [3.63, 3.8) is 0 Å². The van der Waals surface area contributed by atoms with Crippen molar-refractivity contribution in [3.05, 3.63) is 40.1 Å². The van der Waals surface area contributed by atoms with Crippen LogP contribution in [0.2, 0.25) is 0 Å². The molecule has 1 aromatic rings. The number of amides is 2. The second-order valence-corrected chi connectivity index (χ2v) is 7.87. The first-order chi connectivity index (χ1) is 12.2. The van der Waals surface area contributed by atoms with Gasteiger partial charge in [0.1, 0.15) is 5.76 Å². The van der Waals surface area contributed by atoms with Crippen LogP contribution in [0.25, 0.3) is 5.57 Å². The fourth-order valence-corrected chi connectivity index (χ4v) is 3.92. The number of ether oxygens (including phenoxy) is 1. The van der Waals surface area contributed by atoms with Crippen LogP contribution in [0.4, 0.5) is 4.79 Å². The van der Waals surface area contributed by atoms with Crippen molar-refractivity contribution in [2.45, 2.75) is 52.5 Å². The lowest BCUT2D eigenvalue weighted by molar-refractivity contribution is -0.116. The number of nitrogens with zero attached hydrogens (tertiary/aromatic N) is 1. The molecule has 0 bridgehead atoms. The number of carbonyl (C=O) groups excluding carboxylic acids is 2. The number of aryl methyl sites for hydroxylation is 3. The van der Waals surface area contributed by atoms with Gasteiger partial charge in [-0.15, -0.1) is 0 Å². The van der Waals surface area contributed by atoms with Crippen molar-refractivity contribution in [3.8, 4) is 0 Å². The van der Waals surface area contributed by atoms with Crippen LogP contribution < -0.4 is 5.32 Å². The van der Waals surface area contributed by atoms with Crippen molar-refractivity contribution in [1.82, 2.24) is 10.2 Å². The molecule has 0 radical (unpaired) electrons. The Bertz CT molecular complexity index is 806. The number of rotatable bonds is 4. The summed E-state index contributed by atoms with van der Waals surface area (Å²) >= 11 is 0. The predicted molar refractivity (Wildman–Crippen MR) is 102 cm³/mol. The molecule has 5 heteroatoms. The van der Waals surface area contributed by atoms with Crippen LogP contribution >= 0.6 is 0 Å². The van der Waals surface area contributed by atoms with E-state index in [1.807, 2.05) is 13.8 Å². The van der Waals surface area contributed by atoms with E-state index < -0.39 is 11.6 Å². The molecule has 1 heterocycles. The third-order valence-corrected chi connectivity index (χ3v) is 5.44. The van der Waals surface area contributed by atoms with E-state index in [2.05, 4.69) is 31.3 Å². The first-order valence-corrected chi connectivity index (χ1v) is 9.26. The Morgan fingerprint density at radius 3 is 2.50 bits per heavy atom. The van der Waals surface area contributed by atoms with Crippen molar-refractivity contribution < 1.29 is 14.3 Å². The van der Waals surface area contributed by atoms with Crippen molar-refractivity contribution in [2.75, 3.05) is 14.1 Å². The Balaban J connectivity index is 2.23. The number of hydrogen-bond donors (Lipinski definition) is 1. The Kier molecular flexibility index (Phi) is 4.59. The summed E-state index contributed by atoms with van der Waals surface area (Å²) in [5, 5.41) is 3.12. The standard InChI is InChI=1S/C21H28N2O3/c1-7-14-11-12(2)10-13(3)16(14)17-18(26-20(25)23(5)6)21(4,15-8-9-15)22-19(17)24/h10-11,15H,7-9H2,1-6H3,(H,22,24). The summed E-state index contributed by atoms with van der Waals surface area (Å²) in [6, 6.07) is 4.19. The summed E-state index contributed by atoms with van der Waals surface area (Å²) in [4.78, 5) is 26.7. The highest BCUT2D eigenvalue weighted by Gasteiger charge is 2.54. The molecule has 5 nitrogen and oxygen atoms in total. The summed E-state index contributed by atoms with van der Waals surface area (Å²) in [6.45, 7) is 8.12. The lowest BCUT2D eigenvalue weighted by Gasteiger charge is -2.28. The molecule has 1 aliphatic carbocycles. The normalized spacial score (nSPS) is 22.5. The maximum atomic E-state index is 13.0. The van der Waals surface area contributed by atoms with Crippen molar-refractivity contribution in [1.29, 1.82) is 0 Å². The number of nitrogens with one attached hydrogen (secondary N) is 1. The van der Waals surface area contributed by atoms with E-state index in [0.717, 1.165) is 36.0 Å². The fraction of sp³-hybridized carbons (Fsp3) is 0.524. The molecule has 2 amide bonds. The number of carbonyl (C=O) groups is 2. The zero-order chi connectivity index (χ0) is 19.2. The van der Waals surface area contributed by atoms with Gasteiger partial charge < -0.3 is 15.0 Å². The minimum Gasteiger partial charge on any atom is -0.411 e. The zero-order valence-electron chi connectivity index (χ0n) is 16.5. The van der Waals surface area contributed by atoms with Gasteiger partial charge >= 0.3 is 6.09 Å². The smallest absolute Gasteiger partial charge is 0.411 e. The second-order valence-electron chi connectivity index (χ2n) is 7.87. The highest BCUT2D eigenvalue weighted by Crippen LogP contribution is 2.49. The molecule has 0 saturated heterocycles. The van der Waals surface area contributed by atoms with E-state index >= 15 is 0 Å². The zero-order valence-corrected chi connectivity index (χ0v) is 16.5. The number of benzene rings is 1.